The number of hydrogen-bond donors (Lipinski definition) is 4. The molecule has 1 aromatic carbocycles. The van der Waals surface area contributed by atoms with Crippen molar-refractivity contribution in [3.8, 4) is 10.4 Å². The van der Waals surface area contributed by atoms with Gasteiger partial charge in [0.25, 0.3) is 0 Å². The van der Waals surface area contributed by atoms with Crippen LogP contribution in [-0.4, -0.2) is 100 Å². The smallest absolute Gasteiger partial charge is 0.407 e. The third-order valence-corrected chi connectivity index (χ3v) is 15.0. The van der Waals surface area contributed by atoms with E-state index in [2.05, 4.69) is 34.8 Å². The van der Waals surface area contributed by atoms with Gasteiger partial charge in [-0.25, -0.2) is 19.6 Å². The molecule has 16 heteroatoms. The molecule has 1 saturated carbocycles. The second kappa shape index (κ2) is 19.2. The Morgan fingerprint density at radius 1 is 1.03 bits per heavy atom. The number of carbonyl (C=O) groups excluding carboxylic acids is 4. The monoisotopic (exact) mass is 881 g/mol. The molecule has 1 aliphatic carbocycles. The SMILES string of the molecule is Cc1ncsc1-c1ccc(CNC(=O)C2CC(O)CN2C(=O)C(NC(=O)CCCCNC(=O)OCCCC2OC3OC4(C)CCC5C(C)CCC(C2C)C35OO4)C(C)(C)C)cc1. The number of alkyl carbamates (subject to hydrolysis) is 1. The lowest BCUT2D eigenvalue weighted by Gasteiger charge is -2.60. The van der Waals surface area contributed by atoms with E-state index >= 15 is 0 Å². The molecule has 1 aromatic heterocycles. The first-order chi connectivity index (χ1) is 29.5. The number of aromatic nitrogens is 1. The van der Waals surface area contributed by atoms with Crippen LogP contribution in [0.4, 0.5) is 4.79 Å². The van der Waals surface area contributed by atoms with Gasteiger partial charge in [0.1, 0.15) is 12.1 Å². The Kier molecular flexibility index (Phi) is 14.3. The highest BCUT2D eigenvalue weighted by Crippen LogP contribution is 2.60. The van der Waals surface area contributed by atoms with Crippen LogP contribution in [-0.2, 0) is 44.9 Å². The summed E-state index contributed by atoms with van der Waals surface area (Å²) in [5.74, 6) is -0.590. The number of hydrogen-bond acceptors (Lipinski definition) is 12. The van der Waals surface area contributed by atoms with Crippen LogP contribution in [0.5, 0.6) is 0 Å². The molecule has 5 saturated heterocycles. The summed E-state index contributed by atoms with van der Waals surface area (Å²) in [6.07, 6.45) is 4.66. The highest BCUT2D eigenvalue weighted by molar-refractivity contribution is 7.13. The average Bonchev–Trinajstić information content (AvgIpc) is 3.77. The van der Waals surface area contributed by atoms with Gasteiger partial charge in [-0.05, 0) is 93.1 Å². The van der Waals surface area contributed by atoms with Crippen molar-refractivity contribution in [3.05, 3.63) is 41.0 Å². The molecule has 5 aliphatic heterocycles. The molecule has 6 aliphatic rings. The fourth-order valence-electron chi connectivity index (χ4n) is 10.4. The van der Waals surface area contributed by atoms with Gasteiger partial charge in [0.15, 0.2) is 11.9 Å². The van der Waals surface area contributed by atoms with Gasteiger partial charge in [-0.2, -0.15) is 0 Å². The van der Waals surface area contributed by atoms with E-state index in [-0.39, 0.29) is 62.3 Å². The number of unbranched alkanes of at least 4 members (excludes halogenated alkanes) is 1. The zero-order valence-corrected chi connectivity index (χ0v) is 38.2. The van der Waals surface area contributed by atoms with Gasteiger partial charge in [-0.3, -0.25) is 14.4 Å². The minimum atomic E-state index is -0.918. The fourth-order valence-corrected chi connectivity index (χ4v) is 11.2. The summed E-state index contributed by atoms with van der Waals surface area (Å²) in [5, 5.41) is 19.2. The van der Waals surface area contributed by atoms with Crippen LogP contribution in [0.2, 0.25) is 0 Å². The van der Waals surface area contributed by atoms with Crippen molar-refractivity contribution in [2.45, 2.75) is 161 Å². The first-order valence-corrected chi connectivity index (χ1v) is 23.5. The number of β-amino-alcohol motifs (C(OH)–C–C–N with tert-alkyl or cyclic N) is 1. The van der Waals surface area contributed by atoms with E-state index in [1.807, 2.05) is 64.4 Å². The molecular weight excluding hydrogens is 815 g/mol. The van der Waals surface area contributed by atoms with Crippen LogP contribution < -0.4 is 16.0 Å². The number of aryl methyl sites for hydroxylation is 1. The number of ether oxygens (including phenoxy) is 3. The second-order valence-corrected chi connectivity index (χ2v) is 20.4. The van der Waals surface area contributed by atoms with Gasteiger partial charge in [0, 0.05) is 44.8 Å². The summed E-state index contributed by atoms with van der Waals surface area (Å²) in [6, 6.07) is 6.10. The summed E-state index contributed by atoms with van der Waals surface area (Å²) < 4.78 is 18.6. The molecule has 0 radical (unpaired) electrons. The molecule has 1 spiro atoms. The molecule has 4 amide bonds. The zero-order valence-electron chi connectivity index (χ0n) is 37.4. The van der Waals surface area contributed by atoms with Crippen LogP contribution in [0.25, 0.3) is 10.4 Å². The van der Waals surface area contributed by atoms with E-state index in [0.717, 1.165) is 53.8 Å². The lowest BCUT2D eigenvalue weighted by Crippen LogP contribution is -2.70. The summed E-state index contributed by atoms with van der Waals surface area (Å²) in [6.45, 7) is 14.8. The summed E-state index contributed by atoms with van der Waals surface area (Å²) in [4.78, 5) is 72.1. The molecule has 2 aromatic rings. The first kappa shape index (κ1) is 46.3. The van der Waals surface area contributed by atoms with Crippen molar-refractivity contribution in [1.29, 1.82) is 0 Å². The molecule has 6 fully saturated rings. The highest BCUT2D eigenvalue weighted by Gasteiger charge is 2.69. The van der Waals surface area contributed by atoms with E-state index in [1.54, 1.807) is 11.3 Å². The Morgan fingerprint density at radius 3 is 2.53 bits per heavy atom. The van der Waals surface area contributed by atoms with E-state index in [9.17, 15) is 24.3 Å². The molecule has 15 nitrogen and oxygen atoms in total. The average molecular weight is 882 g/mol. The van der Waals surface area contributed by atoms with Crippen LogP contribution >= 0.6 is 11.3 Å². The van der Waals surface area contributed by atoms with Crippen molar-refractivity contribution in [2.75, 3.05) is 19.7 Å². The highest BCUT2D eigenvalue weighted by atomic mass is 32.1. The van der Waals surface area contributed by atoms with Crippen LogP contribution in [0.3, 0.4) is 0 Å². The first-order valence-electron chi connectivity index (χ1n) is 22.6. The second-order valence-electron chi connectivity index (χ2n) is 19.5. The van der Waals surface area contributed by atoms with E-state index < -0.39 is 53.3 Å². The van der Waals surface area contributed by atoms with Gasteiger partial charge >= 0.3 is 6.09 Å². The van der Waals surface area contributed by atoms with Crippen LogP contribution in [0.15, 0.2) is 29.8 Å². The van der Waals surface area contributed by atoms with Crippen molar-refractivity contribution in [3.63, 3.8) is 0 Å². The number of nitrogens with zero attached hydrogens (tertiary/aromatic N) is 2. The van der Waals surface area contributed by atoms with Crippen molar-refractivity contribution < 1.29 is 48.3 Å². The predicted molar refractivity (Wildman–Crippen MR) is 231 cm³/mol. The quantitative estimate of drug-likeness (QED) is 0.119. The van der Waals surface area contributed by atoms with Crippen molar-refractivity contribution in [2.24, 2.45) is 29.1 Å². The minimum Gasteiger partial charge on any atom is -0.450 e. The van der Waals surface area contributed by atoms with E-state index in [1.165, 1.54) is 4.90 Å². The summed E-state index contributed by atoms with van der Waals surface area (Å²) in [7, 11) is 0. The van der Waals surface area contributed by atoms with Crippen molar-refractivity contribution in [1.82, 2.24) is 25.8 Å². The maximum absolute atomic E-state index is 14.0. The topological polar surface area (TPSA) is 187 Å². The van der Waals surface area contributed by atoms with Crippen LogP contribution in [0, 0.1) is 36.0 Å². The van der Waals surface area contributed by atoms with Gasteiger partial charge in [0.2, 0.25) is 23.5 Å². The number of amides is 4. The largest absolute Gasteiger partial charge is 0.450 e. The Balaban J connectivity index is 0.806. The molecule has 4 N–H and O–H groups in total. The lowest BCUT2D eigenvalue weighted by atomic mass is 9.57. The van der Waals surface area contributed by atoms with Gasteiger partial charge in [0.05, 0.1) is 34.9 Å². The zero-order chi connectivity index (χ0) is 44.4. The number of rotatable bonds is 15. The molecule has 11 unspecified atom stereocenters. The number of benzene rings is 1. The third-order valence-electron chi connectivity index (χ3n) is 14.0. The summed E-state index contributed by atoms with van der Waals surface area (Å²) >= 11 is 1.58. The maximum atomic E-state index is 14.0. The van der Waals surface area contributed by atoms with Gasteiger partial charge in [-0.15, -0.1) is 11.3 Å². The maximum Gasteiger partial charge on any atom is 0.407 e. The normalized spacial score (nSPS) is 32.0. The minimum absolute atomic E-state index is 0.00138. The molecule has 6 heterocycles. The van der Waals surface area contributed by atoms with E-state index in [4.69, 9.17) is 24.0 Å². The molecule has 8 rings (SSSR count). The molecule has 11 atom stereocenters. The standard InChI is InChI=1S/C46H67N5O10S/c1-27-13-18-34-28(2)36(58-42-46(34)33(27)19-20-45(7,59-42)60-61-46)11-10-22-57-43(56)47-21-9-8-12-37(53)50-39(44(4,5)6)41(55)51-25-32(52)23-35(51)40(54)48-24-30-14-16-31(17-15-30)38-29(3)49-26-62-38/h14-17,26-28,32-36,39,42,52H,8-13,18-25H2,1-7H3,(H,47,56)(H,48,54)(H,50,53). The number of aliphatic hydroxyl groups is 1. The van der Waals surface area contributed by atoms with Gasteiger partial charge < -0.3 is 40.2 Å². The Labute approximate surface area is 369 Å². The van der Waals surface area contributed by atoms with Gasteiger partial charge in [-0.1, -0.05) is 58.9 Å². The summed E-state index contributed by atoms with van der Waals surface area (Å²) in [5.41, 5.74) is 3.47. The molecular formula is C46H67N5O10S. The van der Waals surface area contributed by atoms with Crippen LogP contribution in [0.1, 0.15) is 117 Å². The molecule has 62 heavy (non-hydrogen) atoms. The Morgan fingerprint density at radius 2 is 1.81 bits per heavy atom. The Hall–Kier alpha value is -3.67. The molecule has 342 valence electrons. The predicted octanol–water partition coefficient (Wildman–Crippen LogP) is 6.15. The number of thiazole rings is 1. The molecule has 2 bridgehead atoms. The Bertz CT molecular complexity index is 1910. The number of fused-ring (bicyclic) bond motifs is 2. The lowest BCUT2D eigenvalue weighted by molar-refractivity contribution is -0.571. The van der Waals surface area contributed by atoms with E-state index in [0.29, 0.717) is 37.6 Å². The number of aliphatic hydroxyl groups excluding tert-OH is 1. The fraction of sp³-hybridized carbons (Fsp3) is 0.717. The third kappa shape index (κ3) is 10.00. The number of likely N-dealkylation sites (tertiary alicyclic amines) is 1. The number of nitrogens with one attached hydrogen (secondary N) is 3. The van der Waals surface area contributed by atoms with Crippen molar-refractivity contribution >= 4 is 35.2 Å². The number of carbonyl (C=O) groups is 4.